The summed E-state index contributed by atoms with van der Waals surface area (Å²) in [4.78, 5) is 22.2. The molecular formula is C27H38N4O2. The van der Waals surface area contributed by atoms with Gasteiger partial charge in [0.05, 0.1) is 29.4 Å². The number of allylic oxidation sites excluding steroid dienone is 2. The molecule has 0 fully saturated rings. The third kappa shape index (κ3) is 8.44. The van der Waals surface area contributed by atoms with Gasteiger partial charge < -0.3 is 20.4 Å². The number of carbonyl (C=O) groups excluding carboxylic acids is 1. The van der Waals surface area contributed by atoms with Crippen molar-refractivity contribution in [2.75, 3.05) is 6.61 Å². The summed E-state index contributed by atoms with van der Waals surface area (Å²) < 4.78 is 5.82. The summed E-state index contributed by atoms with van der Waals surface area (Å²) in [5.74, 6) is 0.667. The molecule has 1 amide bonds. The fraction of sp³-hybridized carbons (Fsp3) is 0.481. The van der Waals surface area contributed by atoms with Crippen LogP contribution in [-0.4, -0.2) is 28.2 Å². The number of ether oxygens (including phenoxy) is 1. The highest BCUT2D eigenvalue weighted by Gasteiger charge is 2.12. The number of amides is 1. The molecule has 0 unspecified atom stereocenters. The molecule has 0 aliphatic carbocycles. The molecule has 0 spiro atoms. The number of aliphatic imine (C=N–C) groups is 1. The quantitative estimate of drug-likeness (QED) is 0.253. The van der Waals surface area contributed by atoms with Gasteiger partial charge in [0.1, 0.15) is 5.75 Å². The number of aromatic nitrogens is 2. The normalized spacial score (nSPS) is 14.2. The molecule has 0 radical (unpaired) electrons. The highest BCUT2D eigenvalue weighted by Crippen LogP contribution is 2.29. The Morgan fingerprint density at radius 1 is 1.03 bits per heavy atom. The minimum atomic E-state index is -0.180. The lowest BCUT2D eigenvalue weighted by Gasteiger charge is -2.02. The Bertz CT molecular complexity index is 951. The molecule has 178 valence electrons. The third-order valence-corrected chi connectivity index (χ3v) is 5.87. The number of hydrogen-bond donors (Lipinski definition) is 3. The average molecular weight is 451 g/mol. The van der Waals surface area contributed by atoms with E-state index in [2.05, 4.69) is 28.2 Å². The van der Waals surface area contributed by atoms with E-state index in [1.165, 1.54) is 44.9 Å². The lowest BCUT2D eigenvalue weighted by molar-refractivity contribution is -0.118. The van der Waals surface area contributed by atoms with Crippen LogP contribution < -0.4 is 10.5 Å². The Labute approximate surface area is 197 Å². The van der Waals surface area contributed by atoms with Crippen molar-refractivity contribution in [3.05, 3.63) is 47.9 Å². The number of H-pyrrole nitrogens is 2. The topological polar surface area (TPSA) is 96.3 Å². The summed E-state index contributed by atoms with van der Waals surface area (Å²) in [7, 11) is 0. The number of rotatable bonds is 16. The van der Waals surface area contributed by atoms with Crippen LogP contribution in [-0.2, 0) is 4.79 Å². The number of primary amides is 1. The highest BCUT2D eigenvalue weighted by atomic mass is 16.5. The first kappa shape index (κ1) is 24.6. The number of unbranched alkanes of at least 4 members (excludes halogenated alkanes) is 8. The summed E-state index contributed by atoms with van der Waals surface area (Å²) in [5.41, 5.74) is 10.3. The predicted octanol–water partition coefficient (Wildman–Crippen LogP) is 6.54. The zero-order chi connectivity index (χ0) is 23.3. The Morgan fingerprint density at radius 2 is 1.76 bits per heavy atom. The Hall–Kier alpha value is -3.02. The number of hydrogen-bond acceptors (Lipinski definition) is 3. The van der Waals surface area contributed by atoms with Gasteiger partial charge in [-0.1, -0.05) is 44.9 Å². The molecule has 1 aliphatic rings. The molecule has 0 saturated carbocycles. The molecule has 3 heterocycles. The standard InChI is InChI=1S/C27H38N4O2/c1-2-33-26-20-24(23-14-12-18-29-23)31-25(26)19-22-17-16-21(30-22)13-10-8-6-4-3-5-7-9-11-15-27(28)32/h12,14,16-20,29,31H,2-11,13,15H2,1H3,(H2,28,32). The van der Waals surface area contributed by atoms with E-state index in [-0.39, 0.29) is 5.91 Å². The smallest absolute Gasteiger partial charge is 0.217 e. The van der Waals surface area contributed by atoms with Crippen LogP contribution in [0.25, 0.3) is 17.5 Å². The van der Waals surface area contributed by atoms with Crippen LogP contribution in [0.2, 0.25) is 0 Å². The summed E-state index contributed by atoms with van der Waals surface area (Å²) in [6, 6.07) is 6.06. The second-order valence-electron chi connectivity index (χ2n) is 8.63. The SMILES string of the molecule is CCOc1cc(-c2ccc[nH]2)[nH]c1C=C1C=CC(CCCCCCCCCCCC(N)=O)=N1. The minimum absolute atomic E-state index is 0.180. The Balaban J connectivity index is 1.37. The van der Waals surface area contributed by atoms with Crippen molar-refractivity contribution in [1.82, 2.24) is 9.97 Å². The van der Waals surface area contributed by atoms with Gasteiger partial charge in [0, 0.05) is 24.4 Å². The maximum atomic E-state index is 10.7. The van der Waals surface area contributed by atoms with Gasteiger partial charge in [-0.3, -0.25) is 9.79 Å². The fourth-order valence-corrected chi connectivity index (χ4v) is 4.11. The molecule has 4 N–H and O–H groups in total. The molecule has 0 aromatic carbocycles. The fourth-order valence-electron chi connectivity index (χ4n) is 4.11. The lowest BCUT2D eigenvalue weighted by atomic mass is 10.0. The van der Waals surface area contributed by atoms with Crippen LogP contribution in [0, 0.1) is 0 Å². The van der Waals surface area contributed by atoms with Crippen molar-refractivity contribution in [3.8, 4) is 17.1 Å². The van der Waals surface area contributed by atoms with Crippen LogP contribution in [0.15, 0.2) is 47.2 Å². The first-order valence-electron chi connectivity index (χ1n) is 12.4. The van der Waals surface area contributed by atoms with E-state index in [1.807, 2.05) is 31.3 Å². The first-order valence-corrected chi connectivity index (χ1v) is 12.4. The van der Waals surface area contributed by atoms with Crippen molar-refractivity contribution in [2.24, 2.45) is 10.7 Å². The van der Waals surface area contributed by atoms with Gasteiger partial charge in [-0.05, 0) is 56.5 Å². The molecule has 6 heteroatoms. The van der Waals surface area contributed by atoms with E-state index >= 15 is 0 Å². The van der Waals surface area contributed by atoms with E-state index in [0.717, 1.165) is 53.5 Å². The lowest BCUT2D eigenvalue weighted by Crippen LogP contribution is -2.09. The molecule has 0 saturated heterocycles. The number of nitrogens with one attached hydrogen (secondary N) is 2. The summed E-state index contributed by atoms with van der Waals surface area (Å²) in [5, 5.41) is 0. The molecule has 2 aromatic rings. The van der Waals surface area contributed by atoms with Gasteiger partial charge >= 0.3 is 0 Å². The highest BCUT2D eigenvalue weighted by molar-refractivity contribution is 5.99. The second kappa shape index (κ2) is 13.5. The summed E-state index contributed by atoms with van der Waals surface area (Å²) in [6.45, 7) is 2.62. The van der Waals surface area contributed by atoms with E-state index in [1.54, 1.807) is 0 Å². The zero-order valence-electron chi connectivity index (χ0n) is 19.9. The third-order valence-electron chi connectivity index (χ3n) is 5.87. The van der Waals surface area contributed by atoms with E-state index in [0.29, 0.717) is 13.0 Å². The Kier molecular flexibility index (Phi) is 10.1. The molecule has 2 aromatic heterocycles. The van der Waals surface area contributed by atoms with Crippen LogP contribution in [0.5, 0.6) is 5.75 Å². The molecule has 33 heavy (non-hydrogen) atoms. The first-order chi connectivity index (χ1) is 16.2. The molecule has 6 nitrogen and oxygen atoms in total. The van der Waals surface area contributed by atoms with Gasteiger partial charge in [-0.25, -0.2) is 0 Å². The zero-order valence-corrected chi connectivity index (χ0v) is 19.9. The van der Waals surface area contributed by atoms with Crippen molar-refractivity contribution >= 4 is 17.7 Å². The van der Waals surface area contributed by atoms with Gasteiger partial charge in [0.2, 0.25) is 5.91 Å². The van der Waals surface area contributed by atoms with E-state index in [9.17, 15) is 4.79 Å². The number of nitrogens with zero attached hydrogens (tertiary/aromatic N) is 1. The minimum Gasteiger partial charge on any atom is -0.492 e. The average Bonchev–Trinajstić information content (AvgIpc) is 3.54. The number of aromatic amines is 2. The second-order valence-corrected chi connectivity index (χ2v) is 8.63. The largest absolute Gasteiger partial charge is 0.492 e. The van der Waals surface area contributed by atoms with Crippen molar-refractivity contribution in [2.45, 2.75) is 77.6 Å². The van der Waals surface area contributed by atoms with Crippen LogP contribution in [0.1, 0.15) is 83.2 Å². The Morgan fingerprint density at radius 3 is 2.42 bits per heavy atom. The summed E-state index contributed by atoms with van der Waals surface area (Å²) >= 11 is 0. The van der Waals surface area contributed by atoms with Gasteiger partial charge in [-0.15, -0.1) is 0 Å². The van der Waals surface area contributed by atoms with Crippen LogP contribution in [0.3, 0.4) is 0 Å². The van der Waals surface area contributed by atoms with E-state index in [4.69, 9.17) is 15.5 Å². The number of carbonyl (C=O) groups is 1. The van der Waals surface area contributed by atoms with Crippen molar-refractivity contribution < 1.29 is 9.53 Å². The molecule has 1 aliphatic heterocycles. The van der Waals surface area contributed by atoms with Crippen molar-refractivity contribution in [3.63, 3.8) is 0 Å². The maximum Gasteiger partial charge on any atom is 0.217 e. The van der Waals surface area contributed by atoms with Gasteiger partial charge in [0.15, 0.2) is 0 Å². The van der Waals surface area contributed by atoms with Crippen LogP contribution in [0.4, 0.5) is 0 Å². The van der Waals surface area contributed by atoms with Crippen molar-refractivity contribution in [1.29, 1.82) is 0 Å². The molecule has 0 atom stereocenters. The van der Waals surface area contributed by atoms with Crippen LogP contribution >= 0.6 is 0 Å². The predicted molar refractivity (Wildman–Crippen MR) is 136 cm³/mol. The number of nitrogens with two attached hydrogens (primary N) is 1. The molecule has 3 rings (SSSR count). The summed E-state index contributed by atoms with van der Waals surface area (Å²) in [6.07, 6.45) is 20.6. The maximum absolute atomic E-state index is 10.7. The molecule has 0 bridgehead atoms. The molecular weight excluding hydrogens is 412 g/mol. The monoisotopic (exact) mass is 450 g/mol. The van der Waals surface area contributed by atoms with Gasteiger partial charge in [0.25, 0.3) is 0 Å². The van der Waals surface area contributed by atoms with E-state index < -0.39 is 0 Å². The van der Waals surface area contributed by atoms with Gasteiger partial charge in [-0.2, -0.15) is 0 Å².